The first-order valence-corrected chi connectivity index (χ1v) is 5.02. The monoisotopic (exact) mass is 179 g/mol. The fourth-order valence-electron chi connectivity index (χ4n) is 1.59. The SMILES string of the molecule is CNC(C)c1cnn(C2CCC2)c1. The molecule has 0 bridgehead atoms. The molecule has 1 heterocycles. The molecule has 1 N–H and O–H groups in total. The van der Waals surface area contributed by atoms with Crippen molar-refractivity contribution in [3.8, 4) is 0 Å². The van der Waals surface area contributed by atoms with E-state index in [0.29, 0.717) is 12.1 Å². The number of nitrogens with zero attached hydrogens (tertiary/aromatic N) is 2. The Morgan fingerprint density at radius 2 is 2.38 bits per heavy atom. The van der Waals surface area contributed by atoms with Crippen LogP contribution in [0.1, 0.15) is 43.8 Å². The van der Waals surface area contributed by atoms with Crippen LogP contribution in [0, 0.1) is 0 Å². The Balaban J connectivity index is 2.08. The molecule has 1 unspecified atom stereocenters. The van der Waals surface area contributed by atoms with Gasteiger partial charge in [-0.05, 0) is 33.2 Å². The van der Waals surface area contributed by atoms with E-state index >= 15 is 0 Å². The van der Waals surface area contributed by atoms with E-state index < -0.39 is 0 Å². The lowest BCUT2D eigenvalue weighted by Gasteiger charge is -2.25. The van der Waals surface area contributed by atoms with Crippen molar-refractivity contribution in [3.63, 3.8) is 0 Å². The molecule has 0 amide bonds. The molecule has 1 aromatic heterocycles. The smallest absolute Gasteiger partial charge is 0.0537 e. The molecule has 13 heavy (non-hydrogen) atoms. The number of hydrogen-bond donors (Lipinski definition) is 1. The minimum absolute atomic E-state index is 0.411. The number of hydrogen-bond acceptors (Lipinski definition) is 2. The first-order chi connectivity index (χ1) is 6.31. The van der Waals surface area contributed by atoms with Gasteiger partial charge in [0.15, 0.2) is 0 Å². The third-order valence-electron chi connectivity index (χ3n) is 3.00. The van der Waals surface area contributed by atoms with Crippen molar-refractivity contribution >= 4 is 0 Å². The molecule has 3 nitrogen and oxygen atoms in total. The maximum absolute atomic E-state index is 4.38. The molecule has 1 atom stereocenters. The van der Waals surface area contributed by atoms with Crippen molar-refractivity contribution in [3.05, 3.63) is 18.0 Å². The van der Waals surface area contributed by atoms with Crippen LogP contribution >= 0.6 is 0 Å². The Morgan fingerprint density at radius 3 is 2.92 bits per heavy atom. The molecule has 2 rings (SSSR count). The summed E-state index contributed by atoms with van der Waals surface area (Å²) in [4.78, 5) is 0. The molecule has 3 heteroatoms. The van der Waals surface area contributed by atoms with Crippen molar-refractivity contribution < 1.29 is 0 Å². The molecule has 0 spiro atoms. The van der Waals surface area contributed by atoms with Crippen molar-refractivity contribution in [2.24, 2.45) is 0 Å². The van der Waals surface area contributed by atoms with E-state index in [9.17, 15) is 0 Å². The van der Waals surface area contributed by atoms with Gasteiger partial charge in [0.05, 0.1) is 12.2 Å². The summed E-state index contributed by atoms with van der Waals surface area (Å²) < 4.78 is 2.12. The zero-order chi connectivity index (χ0) is 9.26. The Bertz CT molecular complexity index is 256. The summed E-state index contributed by atoms with van der Waals surface area (Å²) in [5.41, 5.74) is 1.29. The number of rotatable bonds is 3. The summed E-state index contributed by atoms with van der Waals surface area (Å²) in [7, 11) is 1.98. The van der Waals surface area contributed by atoms with Crippen LogP contribution < -0.4 is 5.32 Å². The highest BCUT2D eigenvalue weighted by molar-refractivity contribution is 5.09. The van der Waals surface area contributed by atoms with E-state index in [0.717, 1.165) is 0 Å². The summed E-state index contributed by atoms with van der Waals surface area (Å²) in [5.74, 6) is 0. The molecule has 72 valence electrons. The number of nitrogens with one attached hydrogen (secondary N) is 1. The van der Waals surface area contributed by atoms with Crippen LogP contribution in [0.4, 0.5) is 0 Å². The Kier molecular flexibility index (Phi) is 2.36. The van der Waals surface area contributed by atoms with Gasteiger partial charge in [-0.2, -0.15) is 5.10 Å². The van der Waals surface area contributed by atoms with Gasteiger partial charge in [-0.3, -0.25) is 4.68 Å². The standard InChI is InChI=1S/C10H17N3/c1-8(11-2)9-6-12-13(7-9)10-4-3-5-10/h6-8,10-11H,3-5H2,1-2H3. The second-order valence-corrected chi connectivity index (χ2v) is 3.85. The lowest BCUT2D eigenvalue weighted by molar-refractivity contribution is 0.289. The molecule has 0 aliphatic heterocycles. The minimum Gasteiger partial charge on any atom is -0.313 e. The first kappa shape index (κ1) is 8.75. The predicted octanol–water partition coefficient (Wildman–Crippen LogP) is 1.89. The van der Waals surface area contributed by atoms with Crippen molar-refractivity contribution in [1.29, 1.82) is 0 Å². The molecule has 0 saturated heterocycles. The van der Waals surface area contributed by atoms with Gasteiger partial charge in [-0.15, -0.1) is 0 Å². The highest BCUT2D eigenvalue weighted by atomic mass is 15.3. The average molecular weight is 179 g/mol. The van der Waals surface area contributed by atoms with Crippen molar-refractivity contribution in [2.75, 3.05) is 7.05 Å². The molecule has 1 fully saturated rings. The van der Waals surface area contributed by atoms with Crippen LogP contribution in [0.2, 0.25) is 0 Å². The van der Waals surface area contributed by atoms with E-state index in [1.54, 1.807) is 0 Å². The summed E-state index contributed by atoms with van der Waals surface area (Å²) in [5, 5.41) is 7.60. The predicted molar refractivity (Wildman–Crippen MR) is 52.6 cm³/mol. The largest absolute Gasteiger partial charge is 0.313 e. The Hall–Kier alpha value is -0.830. The maximum Gasteiger partial charge on any atom is 0.0537 e. The molecule has 0 aromatic carbocycles. The summed E-state index contributed by atoms with van der Waals surface area (Å²) in [6.45, 7) is 2.15. The molecule has 1 aliphatic rings. The zero-order valence-electron chi connectivity index (χ0n) is 8.33. The second kappa shape index (κ2) is 3.50. The summed E-state index contributed by atoms with van der Waals surface area (Å²) in [6, 6.07) is 1.09. The molecule has 1 saturated carbocycles. The topological polar surface area (TPSA) is 29.9 Å². The molecule has 1 aromatic rings. The van der Waals surface area contributed by atoms with Gasteiger partial charge < -0.3 is 5.32 Å². The fraction of sp³-hybridized carbons (Fsp3) is 0.700. The van der Waals surface area contributed by atoms with Gasteiger partial charge in [0, 0.05) is 17.8 Å². The third-order valence-corrected chi connectivity index (χ3v) is 3.00. The van der Waals surface area contributed by atoms with Crippen LogP contribution in [-0.2, 0) is 0 Å². The van der Waals surface area contributed by atoms with Gasteiger partial charge in [0.25, 0.3) is 0 Å². The molecule has 0 radical (unpaired) electrons. The van der Waals surface area contributed by atoms with Crippen LogP contribution in [-0.4, -0.2) is 16.8 Å². The third kappa shape index (κ3) is 1.61. The van der Waals surface area contributed by atoms with Crippen molar-refractivity contribution in [2.45, 2.75) is 38.3 Å². The minimum atomic E-state index is 0.411. The van der Waals surface area contributed by atoms with Gasteiger partial charge in [0.2, 0.25) is 0 Å². The molecule has 1 aliphatic carbocycles. The fourth-order valence-corrected chi connectivity index (χ4v) is 1.59. The Morgan fingerprint density at radius 1 is 1.62 bits per heavy atom. The first-order valence-electron chi connectivity index (χ1n) is 5.02. The zero-order valence-corrected chi connectivity index (χ0v) is 8.33. The van der Waals surface area contributed by atoms with Gasteiger partial charge in [0.1, 0.15) is 0 Å². The summed E-state index contributed by atoms with van der Waals surface area (Å²) >= 11 is 0. The van der Waals surface area contributed by atoms with Crippen LogP contribution in [0.3, 0.4) is 0 Å². The van der Waals surface area contributed by atoms with E-state index in [1.165, 1.54) is 24.8 Å². The maximum atomic E-state index is 4.38. The van der Waals surface area contributed by atoms with E-state index in [-0.39, 0.29) is 0 Å². The van der Waals surface area contributed by atoms with Gasteiger partial charge in [-0.25, -0.2) is 0 Å². The Labute approximate surface area is 79.1 Å². The highest BCUT2D eigenvalue weighted by Crippen LogP contribution is 2.31. The number of aromatic nitrogens is 2. The average Bonchev–Trinajstić information content (AvgIpc) is 2.49. The van der Waals surface area contributed by atoms with E-state index in [2.05, 4.69) is 28.2 Å². The van der Waals surface area contributed by atoms with Crippen LogP contribution in [0.5, 0.6) is 0 Å². The highest BCUT2D eigenvalue weighted by Gasteiger charge is 2.20. The van der Waals surface area contributed by atoms with Crippen molar-refractivity contribution in [1.82, 2.24) is 15.1 Å². The molecular formula is C10H17N3. The quantitative estimate of drug-likeness (QED) is 0.768. The second-order valence-electron chi connectivity index (χ2n) is 3.85. The van der Waals surface area contributed by atoms with Crippen LogP contribution in [0.25, 0.3) is 0 Å². The summed E-state index contributed by atoms with van der Waals surface area (Å²) in [6.07, 6.45) is 8.11. The van der Waals surface area contributed by atoms with Gasteiger partial charge >= 0.3 is 0 Å². The molecular weight excluding hydrogens is 162 g/mol. The lowest BCUT2D eigenvalue weighted by atomic mass is 9.93. The normalized spacial score (nSPS) is 19.8. The van der Waals surface area contributed by atoms with E-state index in [1.807, 2.05) is 13.2 Å². The van der Waals surface area contributed by atoms with E-state index in [4.69, 9.17) is 0 Å². The van der Waals surface area contributed by atoms with Crippen LogP contribution in [0.15, 0.2) is 12.4 Å². The van der Waals surface area contributed by atoms with Gasteiger partial charge in [-0.1, -0.05) is 0 Å². The lowest BCUT2D eigenvalue weighted by Crippen LogP contribution is -2.17.